The molecule has 0 aromatic heterocycles. The molecule has 1 N–H and O–H groups in total. The van der Waals surface area contributed by atoms with Crippen LogP contribution in [0.15, 0.2) is 52.3 Å². The largest absolute Gasteiger partial charge is 0.280 e. The number of nitrogens with one attached hydrogen (secondary N) is 1. The van der Waals surface area contributed by atoms with E-state index in [1.807, 2.05) is 0 Å². The molecule has 0 heterocycles. The van der Waals surface area contributed by atoms with Gasteiger partial charge in [-0.2, -0.15) is 0 Å². The van der Waals surface area contributed by atoms with Crippen molar-refractivity contribution in [2.45, 2.75) is 9.79 Å². The molecule has 2 aromatic carbocycles. The van der Waals surface area contributed by atoms with Crippen LogP contribution in [0.5, 0.6) is 0 Å². The van der Waals surface area contributed by atoms with E-state index in [1.165, 1.54) is 42.5 Å². The van der Waals surface area contributed by atoms with Crippen molar-refractivity contribution in [3.8, 4) is 0 Å². The van der Waals surface area contributed by atoms with Crippen LogP contribution < -0.4 is 4.72 Å². The Morgan fingerprint density at radius 1 is 0.818 bits per heavy atom. The molecular weight excluding hydrogens is 369 g/mol. The van der Waals surface area contributed by atoms with Gasteiger partial charge in [-0.05, 0) is 42.5 Å². The first-order chi connectivity index (χ1) is 10.1. The van der Waals surface area contributed by atoms with Gasteiger partial charge in [-0.1, -0.05) is 23.2 Å². The summed E-state index contributed by atoms with van der Waals surface area (Å²) in [6.07, 6.45) is 1.05. The van der Waals surface area contributed by atoms with E-state index in [1.54, 1.807) is 0 Å². The van der Waals surface area contributed by atoms with Gasteiger partial charge in [-0.15, -0.1) is 0 Å². The van der Waals surface area contributed by atoms with Crippen LogP contribution in [0.3, 0.4) is 0 Å². The molecule has 0 fully saturated rings. The Morgan fingerprint density at radius 2 is 1.36 bits per heavy atom. The van der Waals surface area contributed by atoms with Crippen molar-refractivity contribution in [2.24, 2.45) is 0 Å². The van der Waals surface area contributed by atoms with Crippen LogP contribution in [0.25, 0.3) is 0 Å². The monoisotopic (exact) mass is 379 g/mol. The zero-order chi connectivity index (χ0) is 16.5. The molecule has 0 unspecified atom stereocenters. The Balaban J connectivity index is 2.32. The molecule has 0 saturated carbocycles. The molecule has 0 aliphatic carbocycles. The van der Waals surface area contributed by atoms with Crippen LogP contribution in [-0.4, -0.2) is 23.1 Å². The van der Waals surface area contributed by atoms with Gasteiger partial charge in [0.05, 0.1) is 25.5 Å². The van der Waals surface area contributed by atoms with Crippen molar-refractivity contribution in [3.05, 3.63) is 52.5 Å². The lowest BCUT2D eigenvalue weighted by Gasteiger charge is -2.09. The van der Waals surface area contributed by atoms with E-state index in [-0.39, 0.29) is 20.5 Å². The van der Waals surface area contributed by atoms with Crippen molar-refractivity contribution in [1.29, 1.82) is 0 Å². The van der Waals surface area contributed by atoms with Crippen molar-refractivity contribution in [2.75, 3.05) is 11.0 Å². The molecule has 0 amide bonds. The highest BCUT2D eigenvalue weighted by Crippen LogP contribution is 2.26. The molecule has 2 aromatic rings. The molecule has 5 nitrogen and oxygen atoms in total. The predicted octanol–water partition coefficient (Wildman–Crippen LogP) is 3.20. The fourth-order valence-corrected chi connectivity index (χ4v) is 3.62. The first-order valence-corrected chi connectivity index (χ1v) is 10.0. The van der Waals surface area contributed by atoms with Crippen molar-refractivity contribution in [1.82, 2.24) is 0 Å². The molecule has 0 aliphatic heterocycles. The number of sulfonamides is 1. The third kappa shape index (κ3) is 3.92. The van der Waals surface area contributed by atoms with E-state index in [4.69, 9.17) is 23.2 Å². The number of hydrogen-bond donors (Lipinski definition) is 1. The Kier molecular flexibility index (Phi) is 4.72. The van der Waals surface area contributed by atoms with Crippen LogP contribution in [0.1, 0.15) is 0 Å². The SMILES string of the molecule is CS(=O)(=O)c1ccc(S(=O)(=O)Nc2ccc(Cl)c(Cl)c2)cc1. The molecule has 0 spiro atoms. The molecule has 0 radical (unpaired) electrons. The summed E-state index contributed by atoms with van der Waals surface area (Å²) in [6.45, 7) is 0. The van der Waals surface area contributed by atoms with Gasteiger partial charge in [0, 0.05) is 6.26 Å². The van der Waals surface area contributed by atoms with E-state index in [0.29, 0.717) is 5.02 Å². The summed E-state index contributed by atoms with van der Waals surface area (Å²) in [5.74, 6) is 0. The van der Waals surface area contributed by atoms with Crippen LogP contribution in [0.4, 0.5) is 5.69 Å². The number of benzene rings is 2. The fourth-order valence-electron chi connectivity index (χ4n) is 1.64. The topological polar surface area (TPSA) is 80.3 Å². The van der Waals surface area contributed by atoms with Gasteiger partial charge >= 0.3 is 0 Å². The van der Waals surface area contributed by atoms with E-state index < -0.39 is 19.9 Å². The second-order valence-corrected chi connectivity index (χ2v) is 8.99. The zero-order valence-corrected chi connectivity index (χ0v) is 14.4. The van der Waals surface area contributed by atoms with Gasteiger partial charge in [0.15, 0.2) is 9.84 Å². The number of rotatable bonds is 4. The zero-order valence-electron chi connectivity index (χ0n) is 11.2. The smallest absolute Gasteiger partial charge is 0.261 e. The van der Waals surface area contributed by atoms with Crippen LogP contribution in [0, 0.1) is 0 Å². The molecular formula is C13H11Cl2NO4S2. The highest BCUT2D eigenvalue weighted by molar-refractivity contribution is 7.92. The average Bonchev–Trinajstić information content (AvgIpc) is 2.42. The van der Waals surface area contributed by atoms with Crippen LogP contribution in [-0.2, 0) is 19.9 Å². The van der Waals surface area contributed by atoms with Gasteiger partial charge in [-0.3, -0.25) is 4.72 Å². The third-order valence-electron chi connectivity index (χ3n) is 2.73. The molecule has 118 valence electrons. The lowest BCUT2D eigenvalue weighted by molar-refractivity contribution is 0.597. The van der Waals surface area contributed by atoms with Crippen LogP contribution in [0.2, 0.25) is 10.0 Å². The number of halogens is 2. The quantitative estimate of drug-likeness (QED) is 0.884. The Bertz CT molecular complexity index is 908. The Hall–Kier alpha value is -1.28. The first-order valence-electron chi connectivity index (χ1n) is 5.87. The first kappa shape index (κ1) is 17.1. The highest BCUT2D eigenvalue weighted by Gasteiger charge is 2.16. The number of anilines is 1. The lowest BCUT2D eigenvalue weighted by atomic mass is 10.3. The summed E-state index contributed by atoms with van der Waals surface area (Å²) in [4.78, 5) is -0.0213. The maximum atomic E-state index is 12.2. The second kappa shape index (κ2) is 6.08. The minimum absolute atomic E-state index is 0.0426. The highest BCUT2D eigenvalue weighted by atomic mass is 35.5. The summed E-state index contributed by atoms with van der Waals surface area (Å²) < 4.78 is 49.5. The molecule has 0 aliphatic rings. The number of sulfone groups is 1. The van der Waals surface area contributed by atoms with Gasteiger partial charge < -0.3 is 0 Å². The molecule has 0 bridgehead atoms. The summed E-state index contributed by atoms with van der Waals surface area (Å²) >= 11 is 11.6. The van der Waals surface area contributed by atoms with E-state index in [2.05, 4.69) is 4.72 Å². The van der Waals surface area contributed by atoms with Crippen molar-refractivity contribution in [3.63, 3.8) is 0 Å². The molecule has 9 heteroatoms. The normalized spacial score (nSPS) is 12.1. The predicted molar refractivity (Wildman–Crippen MR) is 86.8 cm³/mol. The standard InChI is InChI=1S/C13H11Cl2NO4S2/c1-21(17,18)10-3-5-11(6-4-10)22(19,20)16-9-2-7-12(14)13(15)8-9/h2-8,16H,1H3. The van der Waals surface area contributed by atoms with Gasteiger partial charge in [-0.25, -0.2) is 16.8 Å². The third-order valence-corrected chi connectivity index (χ3v) is 6.00. The minimum atomic E-state index is -3.85. The van der Waals surface area contributed by atoms with Crippen LogP contribution >= 0.6 is 23.2 Å². The summed E-state index contributed by atoms with van der Waals surface area (Å²) in [6, 6.07) is 9.22. The van der Waals surface area contributed by atoms with E-state index >= 15 is 0 Å². The molecule has 0 atom stereocenters. The molecule has 22 heavy (non-hydrogen) atoms. The summed E-state index contributed by atoms with van der Waals surface area (Å²) in [5, 5.41) is 0.524. The lowest BCUT2D eigenvalue weighted by Crippen LogP contribution is -2.13. The maximum absolute atomic E-state index is 12.2. The Morgan fingerprint density at radius 3 is 1.86 bits per heavy atom. The fraction of sp³-hybridized carbons (Fsp3) is 0.0769. The van der Waals surface area contributed by atoms with Gasteiger partial charge in [0.25, 0.3) is 10.0 Å². The average molecular weight is 380 g/mol. The van der Waals surface area contributed by atoms with Crippen molar-refractivity contribution < 1.29 is 16.8 Å². The second-order valence-electron chi connectivity index (χ2n) is 4.48. The number of hydrogen-bond acceptors (Lipinski definition) is 4. The van der Waals surface area contributed by atoms with Gasteiger partial charge in [0.1, 0.15) is 0 Å². The minimum Gasteiger partial charge on any atom is -0.280 e. The maximum Gasteiger partial charge on any atom is 0.261 e. The Labute approximate surface area is 138 Å². The molecule has 0 saturated heterocycles. The van der Waals surface area contributed by atoms with Crippen molar-refractivity contribution >= 4 is 48.7 Å². The van der Waals surface area contributed by atoms with Gasteiger partial charge in [0.2, 0.25) is 0 Å². The van der Waals surface area contributed by atoms with E-state index in [9.17, 15) is 16.8 Å². The summed E-state index contributed by atoms with van der Waals surface area (Å²) in [7, 11) is -7.23. The van der Waals surface area contributed by atoms with E-state index in [0.717, 1.165) is 6.26 Å². The molecule has 2 rings (SSSR count). The summed E-state index contributed by atoms with van der Waals surface area (Å²) in [5.41, 5.74) is 0.251.